The molecule has 0 saturated heterocycles. The van der Waals surface area contributed by atoms with Gasteiger partial charge in [0.25, 0.3) is 5.91 Å². The zero-order valence-electron chi connectivity index (χ0n) is 20.7. The van der Waals surface area contributed by atoms with Gasteiger partial charge in [0.15, 0.2) is 0 Å². The van der Waals surface area contributed by atoms with Crippen molar-refractivity contribution in [3.63, 3.8) is 0 Å². The number of halogens is 2. The number of hydrogen-bond donors (Lipinski definition) is 3. The van der Waals surface area contributed by atoms with Crippen LogP contribution in [0.3, 0.4) is 0 Å². The molecule has 192 valence electrons. The minimum atomic E-state index is -1.22. The fourth-order valence-corrected chi connectivity index (χ4v) is 6.18. The van der Waals surface area contributed by atoms with Gasteiger partial charge in [-0.2, -0.15) is 15.0 Å². The van der Waals surface area contributed by atoms with Gasteiger partial charge < -0.3 is 20.1 Å². The number of hydrogen-bond acceptors (Lipinski definition) is 6. The Hall–Kier alpha value is -2.82. The number of carbonyl (C=O) groups is 1. The van der Waals surface area contributed by atoms with Crippen LogP contribution in [0.1, 0.15) is 73.0 Å². The van der Waals surface area contributed by atoms with E-state index >= 15 is 0 Å². The summed E-state index contributed by atoms with van der Waals surface area (Å²) in [5.41, 5.74) is 0.0406. The standard InChI is InChI=1S/C25H30ClFN6O3/c1-24(2,35)21-22(31-33(4)30-21)25(36)10-14-7-13(8-15(14)11-25)19-20(32(3)12-28-19)23(34)29-16-5-6-18(27)17(26)9-16/h5-6,9,12-15,35-36H,7-8,10-11H2,1-4H3,(H,29,34). The predicted molar refractivity (Wildman–Crippen MR) is 131 cm³/mol. The first kappa shape index (κ1) is 24.9. The molecule has 2 aliphatic rings. The third kappa shape index (κ3) is 4.31. The molecule has 36 heavy (non-hydrogen) atoms. The second kappa shape index (κ2) is 8.64. The zero-order valence-corrected chi connectivity index (χ0v) is 21.4. The lowest BCUT2D eigenvalue weighted by Crippen LogP contribution is -2.29. The fourth-order valence-electron chi connectivity index (χ4n) is 6.00. The van der Waals surface area contributed by atoms with Crippen molar-refractivity contribution < 1.29 is 19.4 Å². The summed E-state index contributed by atoms with van der Waals surface area (Å²) >= 11 is 5.86. The van der Waals surface area contributed by atoms with E-state index in [1.165, 1.54) is 23.0 Å². The van der Waals surface area contributed by atoms with E-state index in [0.29, 0.717) is 35.6 Å². The monoisotopic (exact) mass is 516 g/mol. The van der Waals surface area contributed by atoms with Crippen LogP contribution in [0.15, 0.2) is 24.5 Å². The van der Waals surface area contributed by atoms with Crippen molar-refractivity contribution in [3.8, 4) is 0 Å². The summed E-state index contributed by atoms with van der Waals surface area (Å²) in [7, 11) is 3.45. The topological polar surface area (TPSA) is 118 Å². The summed E-state index contributed by atoms with van der Waals surface area (Å²) in [6.07, 6.45) is 4.22. The average Bonchev–Trinajstić information content (AvgIpc) is 3.52. The van der Waals surface area contributed by atoms with Crippen LogP contribution >= 0.6 is 11.6 Å². The van der Waals surface area contributed by atoms with Crippen molar-refractivity contribution >= 4 is 23.2 Å². The number of aromatic nitrogens is 5. The second-order valence-electron chi connectivity index (χ2n) is 10.7. The Balaban J connectivity index is 1.34. The lowest BCUT2D eigenvalue weighted by molar-refractivity contribution is 0.0180. The Bertz CT molecular complexity index is 1320. The molecule has 0 bridgehead atoms. The normalized spacial score (nSPS) is 25.8. The first-order chi connectivity index (χ1) is 16.9. The summed E-state index contributed by atoms with van der Waals surface area (Å²) in [6.45, 7) is 3.28. The van der Waals surface area contributed by atoms with Crippen molar-refractivity contribution in [1.82, 2.24) is 24.5 Å². The Morgan fingerprint density at radius 1 is 1.22 bits per heavy atom. The number of benzene rings is 1. The Labute approximate surface area is 213 Å². The van der Waals surface area contributed by atoms with Gasteiger partial charge in [-0.15, -0.1) is 0 Å². The van der Waals surface area contributed by atoms with E-state index in [4.69, 9.17) is 11.6 Å². The molecule has 3 N–H and O–H groups in total. The number of nitrogens with one attached hydrogen (secondary N) is 1. The predicted octanol–water partition coefficient (Wildman–Crippen LogP) is 3.61. The molecule has 2 heterocycles. The number of nitrogens with zero attached hydrogens (tertiary/aromatic N) is 5. The number of imidazole rings is 1. The average molecular weight is 517 g/mol. The highest BCUT2D eigenvalue weighted by molar-refractivity contribution is 6.31. The molecule has 2 atom stereocenters. The number of anilines is 1. The van der Waals surface area contributed by atoms with E-state index in [2.05, 4.69) is 20.5 Å². The number of aryl methyl sites for hydroxylation is 2. The third-order valence-corrected chi connectivity index (χ3v) is 7.81. The molecule has 0 radical (unpaired) electrons. The molecule has 2 aliphatic carbocycles. The maximum Gasteiger partial charge on any atom is 0.274 e. The molecule has 5 rings (SSSR count). The fraction of sp³-hybridized carbons (Fsp3) is 0.520. The van der Waals surface area contributed by atoms with Crippen molar-refractivity contribution in [2.75, 3.05) is 5.32 Å². The van der Waals surface area contributed by atoms with Crippen LogP contribution in [-0.2, 0) is 25.3 Å². The van der Waals surface area contributed by atoms with E-state index in [-0.39, 0.29) is 28.7 Å². The van der Waals surface area contributed by atoms with Gasteiger partial charge in [0.1, 0.15) is 34.1 Å². The van der Waals surface area contributed by atoms with Crippen molar-refractivity contribution in [1.29, 1.82) is 0 Å². The number of aliphatic hydroxyl groups is 2. The van der Waals surface area contributed by atoms with E-state index < -0.39 is 17.0 Å². The second-order valence-corrected chi connectivity index (χ2v) is 11.2. The highest BCUT2D eigenvalue weighted by Crippen LogP contribution is 2.57. The third-order valence-electron chi connectivity index (χ3n) is 7.52. The van der Waals surface area contributed by atoms with Crippen molar-refractivity contribution in [2.24, 2.45) is 25.9 Å². The summed E-state index contributed by atoms with van der Waals surface area (Å²) in [5.74, 6) is -0.366. The lowest BCUT2D eigenvalue weighted by atomic mass is 9.87. The van der Waals surface area contributed by atoms with Crippen LogP contribution in [0.25, 0.3) is 0 Å². The van der Waals surface area contributed by atoms with Gasteiger partial charge in [-0.05, 0) is 69.6 Å². The minimum Gasteiger partial charge on any atom is -0.384 e. The minimum absolute atomic E-state index is 0.0648. The van der Waals surface area contributed by atoms with Crippen LogP contribution in [-0.4, -0.2) is 40.7 Å². The van der Waals surface area contributed by atoms with Gasteiger partial charge >= 0.3 is 0 Å². The van der Waals surface area contributed by atoms with E-state index in [1.54, 1.807) is 38.8 Å². The number of carbonyl (C=O) groups excluding carboxylic acids is 1. The molecule has 2 fully saturated rings. The van der Waals surface area contributed by atoms with E-state index in [1.807, 2.05) is 0 Å². The van der Waals surface area contributed by atoms with E-state index in [9.17, 15) is 19.4 Å². The van der Waals surface area contributed by atoms with Gasteiger partial charge in [-0.3, -0.25) is 4.79 Å². The van der Waals surface area contributed by atoms with Crippen molar-refractivity contribution in [3.05, 3.63) is 58.1 Å². The largest absolute Gasteiger partial charge is 0.384 e. The molecule has 2 aromatic heterocycles. The molecule has 2 saturated carbocycles. The smallest absolute Gasteiger partial charge is 0.274 e. The lowest BCUT2D eigenvalue weighted by Gasteiger charge is -2.26. The summed E-state index contributed by atoms with van der Waals surface area (Å²) in [5, 5.41) is 33.6. The molecule has 0 spiro atoms. The molecular formula is C25H30ClFN6O3. The summed E-state index contributed by atoms with van der Waals surface area (Å²) in [6, 6.07) is 4.05. The highest BCUT2D eigenvalue weighted by atomic mass is 35.5. The molecular weight excluding hydrogens is 487 g/mol. The molecule has 11 heteroatoms. The maximum absolute atomic E-state index is 13.5. The SMILES string of the molecule is Cn1nc(C(C)(C)O)c(C2(O)CC3CC(c4ncn(C)c4C(=O)Nc4ccc(F)c(Cl)c4)CC3C2)n1. The molecule has 1 aromatic carbocycles. The van der Waals surface area contributed by atoms with Gasteiger partial charge in [0.2, 0.25) is 0 Å². The first-order valence-corrected chi connectivity index (χ1v) is 12.4. The molecule has 3 aromatic rings. The molecule has 0 aliphatic heterocycles. The molecule has 2 unspecified atom stereocenters. The highest BCUT2D eigenvalue weighted by Gasteiger charge is 2.53. The van der Waals surface area contributed by atoms with Gasteiger partial charge in [0, 0.05) is 25.7 Å². The number of amides is 1. The molecule has 1 amide bonds. The van der Waals surface area contributed by atoms with Crippen LogP contribution in [0.5, 0.6) is 0 Å². The van der Waals surface area contributed by atoms with Crippen LogP contribution in [0.2, 0.25) is 5.02 Å². The molecule has 9 nitrogen and oxygen atoms in total. The Morgan fingerprint density at radius 2 is 1.89 bits per heavy atom. The Kier molecular flexibility index (Phi) is 5.96. The number of rotatable bonds is 5. The van der Waals surface area contributed by atoms with Gasteiger partial charge in [0.05, 0.1) is 17.0 Å². The summed E-state index contributed by atoms with van der Waals surface area (Å²) in [4.78, 5) is 19.1. The number of fused-ring (bicyclic) bond motifs is 1. The van der Waals surface area contributed by atoms with Gasteiger partial charge in [-0.1, -0.05) is 11.6 Å². The quantitative estimate of drug-likeness (QED) is 0.477. The van der Waals surface area contributed by atoms with E-state index in [0.717, 1.165) is 18.5 Å². The zero-order chi connectivity index (χ0) is 26.0. The van der Waals surface area contributed by atoms with Crippen LogP contribution < -0.4 is 5.32 Å². The van der Waals surface area contributed by atoms with Crippen molar-refractivity contribution in [2.45, 2.75) is 56.7 Å². The van der Waals surface area contributed by atoms with Crippen LogP contribution in [0.4, 0.5) is 10.1 Å². The van der Waals surface area contributed by atoms with Gasteiger partial charge in [-0.25, -0.2) is 9.37 Å². The summed E-state index contributed by atoms with van der Waals surface area (Å²) < 4.78 is 15.2. The maximum atomic E-state index is 13.5. The van der Waals surface area contributed by atoms with Crippen LogP contribution in [0, 0.1) is 17.7 Å². The Morgan fingerprint density at radius 3 is 2.50 bits per heavy atom. The first-order valence-electron chi connectivity index (χ1n) is 12.0.